The fourth-order valence-corrected chi connectivity index (χ4v) is 2.42. The molecule has 0 aliphatic carbocycles. The highest BCUT2D eigenvalue weighted by molar-refractivity contribution is 6.08. The van der Waals surface area contributed by atoms with Gasteiger partial charge in [-0.05, 0) is 44.5 Å². The number of ether oxygens (including phenoxy) is 1. The second kappa shape index (κ2) is 7.86. The Morgan fingerprint density at radius 1 is 1.33 bits per heavy atom. The summed E-state index contributed by atoms with van der Waals surface area (Å²) in [6, 6.07) is 7.45. The number of hydrogen-bond donors (Lipinski definition) is 2. The highest BCUT2D eigenvalue weighted by Crippen LogP contribution is 2.20. The number of urea groups is 1. The molecule has 0 radical (unpaired) electrons. The van der Waals surface area contributed by atoms with Crippen LogP contribution in [0.1, 0.15) is 32.8 Å². The zero-order valence-electron chi connectivity index (χ0n) is 15.2. The molecule has 1 fully saturated rings. The molecule has 27 heavy (non-hydrogen) atoms. The Balaban J connectivity index is 1.91. The minimum absolute atomic E-state index is 0.381. The number of benzene rings is 1. The van der Waals surface area contributed by atoms with Crippen molar-refractivity contribution in [1.29, 1.82) is 5.26 Å². The SMILES string of the molecule is CC[C@]1(C)NC(=O)N(CC(=O)O[C@H](C)C(=O)Nc2ccc(C#N)cc2)C1=O. The van der Waals surface area contributed by atoms with Gasteiger partial charge in [-0.3, -0.25) is 19.3 Å². The summed E-state index contributed by atoms with van der Waals surface area (Å²) in [4.78, 5) is 49.0. The lowest BCUT2D eigenvalue weighted by atomic mass is 9.99. The summed E-state index contributed by atoms with van der Waals surface area (Å²) in [6.45, 7) is 4.12. The lowest BCUT2D eigenvalue weighted by Gasteiger charge is -2.19. The first-order valence-electron chi connectivity index (χ1n) is 8.34. The van der Waals surface area contributed by atoms with Gasteiger partial charge >= 0.3 is 12.0 Å². The van der Waals surface area contributed by atoms with Gasteiger partial charge in [0.05, 0.1) is 11.6 Å². The Bertz CT molecular complexity index is 814. The fraction of sp³-hybridized carbons (Fsp3) is 0.389. The van der Waals surface area contributed by atoms with Crippen LogP contribution in [-0.4, -0.2) is 46.9 Å². The van der Waals surface area contributed by atoms with E-state index in [9.17, 15) is 19.2 Å². The Labute approximate surface area is 156 Å². The number of rotatable bonds is 6. The molecule has 142 valence electrons. The van der Waals surface area contributed by atoms with E-state index in [0.29, 0.717) is 17.7 Å². The number of carbonyl (C=O) groups excluding carboxylic acids is 4. The molecule has 4 amide bonds. The van der Waals surface area contributed by atoms with Gasteiger partial charge < -0.3 is 15.4 Å². The van der Waals surface area contributed by atoms with Crippen molar-refractivity contribution in [3.8, 4) is 6.07 Å². The Morgan fingerprint density at radius 3 is 2.48 bits per heavy atom. The van der Waals surface area contributed by atoms with Crippen LogP contribution in [0.2, 0.25) is 0 Å². The molecule has 2 N–H and O–H groups in total. The van der Waals surface area contributed by atoms with Crippen LogP contribution in [0.4, 0.5) is 10.5 Å². The van der Waals surface area contributed by atoms with Gasteiger partial charge in [-0.25, -0.2) is 4.79 Å². The molecule has 1 aromatic carbocycles. The number of carbonyl (C=O) groups is 4. The van der Waals surface area contributed by atoms with Crippen molar-refractivity contribution < 1.29 is 23.9 Å². The minimum Gasteiger partial charge on any atom is -0.451 e. The highest BCUT2D eigenvalue weighted by atomic mass is 16.5. The van der Waals surface area contributed by atoms with Crippen LogP contribution in [-0.2, 0) is 19.1 Å². The van der Waals surface area contributed by atoms with Gasteiger partial charge in [0, 0.05) is 5.69 Å². The first kappa shape index (κ1) is 19.9. The van der Waals surface area contributed by atoms with Crippen molar-refractivity contribution in [2.45, 2.75) is 38.8 Å². The Kier molecular flexibility index (Phi) is 5.80. The van der Waals surface area contributed by atoms with E-state index >= 15 is 0 Å². The number of anilines is 1. The largest absolute Gasteiger partial charge is 0.451 e. The number of nitriles is 1. The third kappa shape index (κ3) is 4.41. The summed E-state index contributed by atoms with van der Waals surface area (Å²) in [5.74, 6) is -1.97. The van der Waals surface area contributed by atoms with Crippen molar-refractivity contribution in [1.82, 2.24) is 10.2 Å². The van der Waals surface area contributed by atoms with E-state index < -0.39 is 42.0 Å². The molecule has 0 saturated carbocycles. The summed E-state index contributed by atoms with van der Waals surface area (Å²) in [7, 11) is 0. The Hall–Kier alpha value is -3.41. The van der Waals surface area contributed by atoms with Crippen LogP contribution >= 0.6 is 0 Å². The standard InChI is InChI=1S/C18H20N4O5/c1-4-18(3)16(25)22(17(26)21-18)10-14(23)27-11(2)15(24)20-13-7-5-12(9-19)6-8-13/h5-8,11H,4,10H2,1-3H3,(H,20,24)(H,21,26)/t11-,18+/m1/s1. The molecule has 2 atom stereocenters. The molecule has 0 unspecified atom stereocenters. The summed E-state index contributed by atoms with van der Waals surface area (Å²) >= 11 is 0. The molecule has 1 aliphatic rings. The summed E-state index contributed by atoms with van der Waals surface area (Å²) in [5.41, 5.74) is -0.162. The number of hydrogen-bond acceptors (Lipinski definition) is 6. The summed E-state index contributed by atoms with van der Waals surface area (Å²) in [5, 5.41) is 13.8. The zero-order valence-corrected chi connectivity index (χ0v) is 15.2. The third-order valence-electron chi connectivity index (χ3n) is 4.30. The number of imide groups is 1. The average molecular weight is 372 g/mol. The molecule has 0 aromatic heterocycles. The first-order valence-corrected chi connectivity index (χ1v) is 8.34. The second-order valence-electron chi connectivity index (χ2n) is 6.32. The van der Waals surface area contributed by atoms with Gasteiger partial charge in [0.15, 0.2) is 6.10 Å². The Morgan fingerprint density at radius 2 is 1.96 bits per heavy atom. The lowest BCUT2D eigenvalue weighted by molar-refractivity contribution is -0.155. The fourth-order valence-electron chi connectivity index (χ4n) is 2.42. The van der Waals surface area contributed by atoms with Gasteiger partial charge in [-0.1, -0.05) is 6.92 Å². The molecular formula is C18H20N4O5. The summed E-state index contributed by atoms with van der Waals surface area (Å²) in [6.07, 6.45) is -0.751. The number of amides is 4. The van der Waals surface area contributed by atoms with Gasteiger partial charge in [0.2, 0.25) is 0 Å². The molecular weight excluding hydrogens is 352 g/mol. The predicted octanol–water partition coefficient (Wildman–Crippen LogP) is 1.15. The smallest absolute Gasteiger partial charge is 0.327 e. The highest BCUT2D eigenvalue weighted by Gasteiger charge is 2.47. The lowest BCUT2D eigenvalue weighted by Crippen LogP contribution is -2.44. The van der Waals surface area contributed by atoms with E-state index in [2.05, 4.69) is 10.6 Å². The van der Waals surface area contributed by atoms with Crippen molar-refractivity contribution in [2.75, 3.05) is 11.9 Å². The molecule has 1 aliphatic heterocycles. The van der Waals surface area contributed by atoms with Gasteiger partial charge in [-0.2, -0.15) is 5.26 Å². The van der Waals surface area contributed by atoms with Crippen LogP contribution in [0.5, 0.6) is 0 Å². The number of nitrogens with zero attached hydrogens (tertiary/aromatic N) is 2. The van der Waals surface area contributed by atoms with Gasteiger partial charge in [0.1, 0.15) is 12.1 Å². The third-order valence-corrected chi connectivity index (χ3v) is 4.30. The quantitative estimate of drug-likeness (QED) is 0.569. The van der Waals surface area contributed by atoms with Crippen LogP contribution in [0.15, 0.2) is 24.3 Å². The van der Waals surface area contributed by atoms with Crippen molar-refractivity contribution in [3.05, 3.63) is 29.8 Å². The van der Waals surface area contributed by atoms with Crippen LogP contribution in [0, 0.1) is 11.3 Å². The van der Waals surface area contributed by atoms with Crippen molar-refractivity contribution >= 4 is 29.5 Å². The normalized spacial score (nSPS) is 19.9. The van der Waals surface area contributed by atoms with Gasteiger partial charge in [-0.15, -0.1) is 0 Å². The van der Waals surface area contributed by atoms with E-state index in [1.807, 2.05) is 6.07 Å². The molecule has 0 bridgehead atoms. The monoisotopic (exact) mass is 372 g/mol. The van der Waals surface area contributed by atoms with Crippen molar-refractivity contribution in [3.63, 3.8) is 0 Å². The zero-order chi connectivity index (χ0) is 20.2. The van der Waals surface area contributed by atoms with E-state index in [-0.39, 0.29) is 0 Å². The number of nitrogens with one attached hydrogen (secondary N) is 2. The number of esters is 1. The maximum absolute atomic E-state index is 12.2. The first-order chi connectivity index (χ1) is 12.7. The maximum atomic E-state index is 12.2. The minimum atomic E-state index is -1.13. The summed E-state index contributed by atoms with van der Waals surface area (Å²) < 4.78 is 5.01. The molecule has 0 spiro atoms. The second-order valence-corrected chi connectivity index (χ2v) is 6.32. The van der Waals surface area contributed by atoms with Crippen LogP contribution in [0.3, 0.4) is 0 Å². The topological polar surface area (TPSA) is 129 Å². The maximum Gasteiger partial charge on any atom is 0.327 e. The van der Waals surface area contributed by atoms with Crippen LogP contribution in [0.25, 0.3) is 0 Å². The van der Waals surface area contributed by atoms with E-state index in [1.54, 1.807) is 26.0 Å². The molecule has 1 heterocycles. The molecule has 1 saturated heterocycles. The van der Waals surface area contributed by atoms with Crippen molar-refractivity contribution in [2.24, 2.45) is 0 Å². The molecule has 1 aromatic rings. The van der Waals surface area contributed by atoms with Gasteiger partial charge in [0.25, 0.3) is 11.8 Å². The van der Waals surface area contributed by atoms with E-state index in [1.165, 1.54) is 19.1 Å². The molecule has 9 heteroatoms. The van der Waals surface area contributed by atoms with E-state index in [0.717, 1.165) is 4.90 Å². The van der Waals surface area contributed by atoms with Crippen LogP contribution < -0.4 is 10.6 Å². The molecule has 2 rings (SSSR count). The predicted molar refractivity (Wildman–Crippen MR) is 94.3 cm³/mol. The average Bonchev–Trinajstić information content (AvgIpc) is 2.86. The molecule has 9 nitrogen and oxygen atoms in total. The van der Waals surface area contributed by atoms with E-state index in [4.69, 9.17) is 10.00 Å².